The maximum absolute atomic E-state index is 10.3. The van der Waals surface area contributed by atoms with Crippen molar-refractivity contribution in [3.63, 3.8) is 0 Å². The summed E-state index contributed by atoms with van der Waals surface area (Å²) in [6, 6.07) is 7.22. The molecular weight excluding hydrogens is 288 g/mol. The first-order chi connectivity index (χ1) is 10.1. The quantitative estimate of drug-likeness (QED) is 0.692. The van der Waals surface area contributed by atoms with Crippen LogP contribution in [0.3, 0.4) is 0 Å². The number of hydrogen-bond donors (Lipinski definition) is 3. The molecule has 108 valence electrons. The van der Waals surface area contributed by atoms with Gasteiger partial charge in [-0.15, -0.1) is 0 Å². The Morgan fingerprint density at radius 3 is 2.62 bits per heavy atom. The van der Waals surface area contributed by atoms with E-state index in [0.717, 1.165) is 11.1 Å². The van der Waals surface area contributed by atoms with Crippen molar-refractivity contribution in [2.45, 2.75) is 23.9 Å². The van der Waals surface area contributed by atoms with E-state index in [1.807, 2.05) is 32.0 Å². The minimum absolute atomic E-state index is 0.0298. The molecule has 2 aromatic heterocycles. The number of H-pyrrole nitrogens is 1. The standard InChI is InChI=1S/C14H14N4O2S/c1-8-3-4-10(5-9(8)2)18-12(19)6-11(13(18)20)21-14-15-7-16-17-14/h3-7,19-20H,1-2H3,(H,15,16,17). The van der Waals surface area contributed by atoms with Gasteiger partial charge in [-0.3, -0.25) is 9.67 Å². The van der Waals surface area contributed by atoms with Crippen LogP contribution in [0.25, 0.3) is 5.69 Å². The number of hydrogen-bond acceptors (Lipinski definition) is 5. The lowest BCUT2D eigenvalue weighted by molar-refractivity contribution is 0.398. The van der Waals surface area contributed by atoms with Gasteiger partial charge in [-0.05, 0) is 48.9 Å². The Bertz CT molecular complexity index is 781. The van der Waals surface area contributed by atoms with E-state index in [2.05, 4.69) is 15.2 Å². The van der Waals surface area contributed by atoms with E-state index in [1.54, 1.807) is 0 Å². The van der Waals surface area contributed by atoms with Gasteiger partial charge in [0.1, 0.15) is 6.33 Å². The second kappa shape index (κ2) is 5.17. The Balaban J connectivity index is 2.03. The van der Waals surface area contributed by atoms with Crippen molar-refractivity contribution in [1.29, 1.82) is 0 Å². The van der Waals surface area contributed by atoms with Crippen molar-refractivity contribution >= 4 is 11.8 Å². The fourth-order valence-corrected chi connectivity index (χ4v) is 2.76. The average Bonchev–Trinajstić information content (AvgIpc) is 3.03. The SMILES string of the molecule is Cc1ccc(-n2c(O)cc(Sc3ncn[nH]3)c2O)cc1C. The highest BCUT2D eigenvalue weighted by Gasteiger charge is 2.17. The highest BCUT2D eigenvalue weighted by molar-refractivity contribution is 7.99. The number of nitrogens with zero attached hydrogens (tertiary/aromatic N) is 3. The molecule has 3 aromatic rings. The summed E-state index contributed by atoms with van der Waals surface area (Å²) in [6.07, 6.45) is 1.39. The minimum Gasteiger partial charge on any atom is -0.494 e. The molecule has 0 bridgehead atoms. The van der Waals surface area contributed by atoms with Gasteiger partial charge in [-0.1, -0.05) is 6.07 Å². The van der Waals surface area contributed by atoms with Crippen molar-refractivity contribution in [3.8, 4) is 17.4 Å². The summed E-state index contributed by atoms with van der Waals surface area (Å²) in [5.74, 6) is -0.0603. The molecule has 0 radical (unpaired) electrons. The van der Waals surface area contributed by atoms with Gasteiger partial charge >= 0.3 is 0 Å². The second-order valence-electron chi connectivity index (χ2n) is 4.69. The first-order valence-electron chi connectivity index (χ1n) is 6.31. The summed E-state index contributed by atoms with van der Waals surface area (Å²) in [4.78, 5) is 4.49. The lowest BCUT2D eigenvalue weighted by Crippen LogP contribution is -1.94. The summed E-state index contributed by atoms with van der Waals surface area (Å²) in [5.41, 5.74) is 2.95. The number of rotatable bonds is 3. The molecule has 0 unspecified atom stereocenters. The van der Waals surface area contributed by atoms with E-state index >= 15 is 0 Å². The zero-order valence-electron chi connectivity index (χ0n) is 11.5. The van der Waals surface area contributed by atoms with E-state index in [1.165, 1.54) is 28.7 Å². The lowest BCUT2D eigenvalue weighted by atomic mass is 10.1. The van der Waals surface area contributed by atoms with Crippen LogP contribution in [0.1, 0.15) is 11.1 Å². The predicted molar refractivity (Wildman–Crippen MR) is 79.1 cm³/mol. The van der Waals surface area contributed by atoms with Crippen molar-refractivity contribution in [2.24, 2.45) is 0 Å². The van der Waals surface area contributed by atoms with Crippen molar-refractivity contribution in [1.82, 2.24) is 19.7 Å². The highest BCUT2D eigenvalue weighted by Crippen LogP contribution is 2.40. The molecule has 3 rings (SSSR count). The molecule has 0 amide bonds. The fraction of sp³-hybridized carbons (Fsp3) is 0.143. The summed E-state index contributed by atoms with van der Waals surface area (Å²) >= 11 is 1.20. The van der Waals surface area contributed by atoms with Crippen LogP contribution in [0.4, 0.5) is 0 Å². The number of nitrogens with one attached hydrogen (secondary N) is 1. The summed E-state index contributed by atoms with van der Waals surface area (Å²) in [5, 5.41) is 27.4. The normalized spacial score (nSPS) is 11.0. The Morgan fingerprint density at radius 2 is 1.95 bits per heavy atom. The third kappa shape index (κ3) is 2.47. The third-order valence-electron chi connectivity index (χ3n) is 3.27. The number of aromatic hydroxyl groups is 2. The molecule has 0 aliphatic heterocycles. The van der Waals surface area contributed by atoms with E-state index in [-0.39, 0.29) is 11.8 Å². The Labute approximate surface area is 125 Å². The molecule has 0 aliphatic carbocycles. The molecule has 0 fully saturated rings. The first-order valence-corrected chi connectivity index (χ1v) is 7.12. The molecule has 2 heterocycles. The maximum Gasteiger partial charge on any atom is 0.213 e. The Morgan fingerprint density at radius 1 is 1.14 bits per heavy atom. The van der Waals surface area contributed by atoms with Gasteiger partial charge in [0.25, 0.3) is 0 Å². The summed E-state index contributed by atoms with van der Waals surface area (Å²) in [7, 11) is 0. The topological polar surface area (TPSA) is 87.0 Å². The molecule has 6 nitrogen and oxygen atoms in total. The monoisotopic (exact) mass is 302 g/mol. The van der Waals surface area contributed by atoms with Crippen LogP contribution in [0, 0.1) is 13.8 Å². The molecule has 0 saturated heterocycles. The average molecular weight is 302 g/mol. The molecule has 0 spiro atoms. The van der Waals surface area contributed by atoms with Crippen LogP contribution in [0.5, 0.6) is 11.8 Å². The van der Waals surface area contributed by atoms with Gasteiger partial charge in [0, 0.05) is 6.07 Å². The van der Waals surface area contributed by atoms with Crippen molar-refractivity contribution in [2.75, 3.05) is 0 Å². The molecule has 1 aromatic carbocycles. The zero-order chi connectivity index (χ0) is 15.0. The zero-order valence-corrected chi connectivity index (χ0v) is 12.3. The van der Waals surface area contributed by atoms with Crippen LogP contribution < -0.4 is 0 Å². The fourth-order valence-electron chi connectivity index (χ4n) is 2.01. The van der Waals surface area contributed by atoms with Gasteiger partial charge in [0.05, 0.1) is 10.6 Å². The molecule has 0 aliphatic rings. The van der Waals surface area contributed by atoms with E-state index < -0.39 is 0 Å². The van der Waals surface area contributed by atoms with Crippen LogP contribution in [-0.4, -0.2) is 30.0 Å². The smallest absolute Gasteiger partial charge is 0.213 e. The van der Waals surface area contributed by atoms with Crippen LogP contribution in [-0.2, 0) is 0 Å². The number of aromatic nitrogens is 4. The molecule has 0 saturated carbocycles. The number of benzene rings is 1. The van der Waals surface area contributed by atoms with Crippen LogP contribution in [0.2, 0.25) is 0 Å². The van der Waals surface area contributed by atoms with Gasteiger partial charge in [-0.25, -0.2) is 4.98 Å². The minimum atomic E-state index is -0.0304. The van der Waals surface area contributed by atoms with Gasteiger partial charge < -0.3 is 10.2 Å². The molecule has 21 heavy (non-hydrogen) atoms. The molecule has 3 N–H and O–H groups in total. The third-order valence-corrected chi connectivity index (χ3v) is 4.18. The van der Waals surface area contributed by atoms with E-state index in [9.17, 15) is 10.2 Å². The van der Waals surface area contributed by atoms with Gasteiger partial charge in [0.15, 0.2) is 11.0 Å². The lowest BCUT2D eigenvalue weighted by Gasteiger charge is -2.09. The maximum atomic E-state index is 10.3. The van der Waals surface area contributed by atoms with E-state index in [4.69, 9.17) is 0 Å². The van der Waals surface area contributed by atoms with Crippen molar-refractivity contribution < 1.29 is 10.2 Å². The van der Waals surface area contributed by atoms with Gasteiger partial charge in [-0.2, -0.15) is 5.10 Å². The molecule has 0 atom stereocenters. The number of aromatic amines is 1. The second-order valence-corrected chi connectivity index (χ2v) is 5.72. The van der Waals surface area contributed by atoms with Crippen LogP contribution >= 0.6 is 11.8 Å². The molecule has 7 heteroatoms. The summed E-state index contributed by atoms with van der Waals surface area (Å²) in [6.45, 7) is 4.00. The Hall–Kier alpha value is -2.41. The van der Waals surface area contributed by atoms with Crippen LogP contribution in [0.15, 0.2) is 40.6 Å². The summed E-state index contributed by atoms with van der Waals surface area (Å²) < 4.78 is 1.39. The largest absolute Gasteiger partial charge is 0.494 e. The highest BCUT2D eigenvalue weighted by atomic mass is 32.2. The predicted octanol–water partition coefficient (Wildman–Crippen LogP) is 2.77. The Kier molecular flexibility index (Phi) is 3.34. The van der Waals surface area contributed by atoms with E-state index in [0.29, 0.717) is 15.7 Å². The number of aryl methyl sites for hydroxylation is 2. The first kappa shape index (κ1) is 13.6. The molecular formula is C14H14N4O2S. The van der Waals surface area contributed by atoms with Gasteiger partial charge in [0.2, 0.25) is 5.88 Å². The van der Waals surface area contributed by atoms with Crippen molar-refractivity contribution in [3.05, 3.63) is 41.7 Å².